The monoisotopic (exact) mass is 365 g/mol. The number of benzene rings is 1. The van der Waals surface area contributed by atoms with Crippen molar-refractivity contribution < 1.29 is 26.3 Å². The van der Waals surface area contributed by atoms with Crippen molar-refractivity contribution in [2.24, 2.45) is 0 Å². The molecule has 106 valence electrons. The van der Waals surface area contributed by atoms with Gasteiger partial charge in [-0.2, -0.15) is 0 Å². The maximum atomic E-state index is 12.1. The van der Waals surface area contributed by atoms with E-state index >= 15 is 0 Å². The quantitative estimate of drug-likeness (QED) is 0.555. The summed E-state index contributed by atoms with van der Waals surface area (Å²) in [5.41, 5.74) is 0.692. The Morgan fingerprint density at radius 2 is 1.79 bits per heavy atom. The number of hydrogen-bond acceptors (Lipinski definition) is 1. The van der Waals surface area contributed by atoms with Crippen LogP contribution in [0.2, 0.25) is 5.02 Å². The number of quaternary nitrogens is 1. The second-order valence-electron chi connectivity index (χ2n) is 5.00. The number of likely N-dealkylation sites (N-methyl/N-ethyl adjacent to an activating group) is 1. The zero-order valence-corrected chi connectivity index (χ0v) is 14.4. The van der Waals surface area contributed by atoms with Crippen LogP contribution in [-0.2, 0) is 0 Å². The first-order chi connectivity index (χ1) is 8.30. The second kappa shape index (κ2) is 8.05. The first kappa shape index (κ1) is 18.7. The fraction of sp³-hybridized carbons (Fsp3) is 0.357. The SMILES string of the molecule is C/C(Cl)=C\C[N+](C)(C)CC(=O)c1ccc(Cl)cc1.[Br-]. The van der Waals surface area contributed by atoms with Crippen LogP contribution < -0.4 is 17.0 Å². The number of rotatable bonds is 5. The Morgan fingerprint density at radius 3 is 2.26 bits per heavy atom. The van der Waals surface area contributed by atoms with Gasteiger partial charge in [-0.15, -0.1) is 0 Å². The molecule has 19 heavy (non-hydrogen) atoms. The van der Waals surface area contributed by atoms with Crippen LogP contribution in [0.1, 0.15) is 17.3 Å². The third-order valence-electron chi connectivity index (χ3n) is 2.60. The van der Waals surface area contributed by atoms with E-state index < -0.39 is 0 Å². The highest BCUT2D eigenvalue weighted by Crippen LogP contribution is 2.12. The van der Waals surface area contributed by atoms with Crippen LogP contribution in [-0.4, -0.2) is 37.5 Å². The number of Topliss-reactive ketones (excluding diaryl/α,β-unsaturated/α-hetero) is 1. The molecule has 0 fully saturated rings. The second-order valence-corrected chi connectivity index (χ2v) is 6.03. The lowest BCUT2D eigenvalue weighted by Gasteiger charge is -2.27. The molecule has 1 rings (SSSR count). The summed E-state index contributed by atoms with van der Waals surface area (Å²) >= 11 is 11.6. The number of carbonyl (C=O) groups excluding carboxylic acids is 1. The summed E-state index contributed by atoms with van der Waals surface area (Å²) in [6.07, 6.45) is 1.93. The molecular formula is C14H18BrCl2NO. The smallest absolute Gasteiger partial charge is 0.216 e. The minimum Gasteiger partial charge on any atom is -1.00 e. The Labute approximate surface area is 135 Å². The Bertz CT molecular complexity index is 451. The number of hydrogen-bond donors (Lipinski definition) is 0. The normalized spacial score (nSPS) is 11.9. The van der Waals surface area contributed by atoms with Gasteiger partial charge in [0.15, 0.2) is 0 Å². The van der Waals surface area contributed by atoms with Gasteiger partial charge in [0.1, 0.15) is 6.54 Å². The molecule has 1 aromatic carbocycles. The highest BCUT2D eigenvalue weighted by molar-refractivity contribution is 6.30. The van der Waals surface area contributed by atoms with Crippen molar-refractivity contribution in [2.45, 2.75) is 6.92 Å². The summed E-state index contributed by atoms with van der Waals surface area (Å²) in [7, 11) is 4.01. The highest BCUT2D eigenvalue weighted by atomic mass is 79.9. The Balaban J connectivity index is 0.00000324. The molecule has 0 radical (unpaired) electrons. The molecule has 0 aliphatic heterocycles. The van der Waals surface area contributed by atoms with Crippen molar-refractivity contribution in [3.8, 4) is 0 Å². The lowest BCUT2D eigenvalue weighted by molar-refractivity contribution is -0.875. The zero-order chi connectivity index (χ0) is 13.8. The topological polar surface area (TPSA) is 17.1 Å². The third kappa shape index (κ3) is 7.11. The fourth-order valence-electron chi connectivity index (χ4n) is 1.55. The fourth-order valence-corrected chi connectivity index (χ4v) is 1.75. The van der Waals surface area contributed by atoms with E-state index in [1.54, 1.807) is 24.3 Å². The molecule has 0 amide bonds. The summed E-state index contributed by atoms with van der Waals surface area (Å²) in [6.45, 7) is 3.00. The van der Waals surface area contributed by atoms with Gasteiger partial charge in [0.2, 0.25) is 5.78 Å². The molecule has 0 unspecified atom stereocenters. The van der Waals surface area contributed by atoms with Crippen molar-refractivity contribution in [3.63, 3.8) is 0 Å². The van der Waals surface area contributed by atoms with Crippen LogP contribution in [0.3, 0.4) is 0 Å². The lowest BCUT2D eigenvalue weighted by atomic mass is 10.1. The van der Waals surface area contributed by atoms with Gasteiger partial charge in [-0.3, -0.25) is 4.79 Å². The van der Waals surface area contributed by atoms with Crippen molar-refractivity contribution in [1.82, 2.24) is 0 Å². The summed E-state index contributed by atoms with van der Waals surface area (Å²) < 4.78 is 0.575. The number of allylic oxidation sites excluding steroid dienone is 1. The van der Waals surface area contributed by atoms with E-state index in [0.717, 1.165) is 11.6 Å². The minimum atomic E-state index is 0. The van der Waals surface area contributed by atoms with Crippen LogP contribution in [0.4, 0.5) is 0 Å². The maximum absolute atomic E-state index is 12.1. The van der Waals surface area contributed by atoms with E-state index in [2.05, 4.69) is 0 Å². The van der Waals surface area contributed by atoms with E-state index in [1.807, 2.05) is 27.1 Å². The van der Waals surface area contributed by atoms with E-state index in [1.165, 1.54) is 0 Å². The van der Waals surface area contributed by atoms with Crippen molar-refractivity contribution in [1.29, 1.82) is 0 Å². The Hall–Kier alpha value is -0.350. The van der Waals surface area contributed by atoms with Gasteiger partial charge in [-0.1, -0.05) is 23.2 Å². The van der Waals surface area contributed by atoms with Gasteiger partial charge in [0.05, 0.1) is 20.6 Å². The van der Waals surface area contributed by atoms with E-state index in [9.17, 15) is 4.79 Å². The van der Waals surface area contributed by atoms with Crippen LogP contribution in [0.15, 0.2) is 35.4 Å². The first-order valence-electron chi connectivity index (χ1n) is 5.73. The Kier molecular flexibility index (Phi) is 7.90. The molecule has 0 heterocycles. The zero-order valence-electron chi connectivity index (χ0n) is 11.3. The average molecular weight is 367 g/mol. The molecular weight excluding hydrogens is 349 g/mol. The molecule has 2 nitrogen and oxygen atoms in total. The molecule has 0 spiro atoms. The number of ketones is 1. The molecule has 0 aliphatic carbocycles. The highest BCUT2D eigenvalue weighted by Gasteiger charge is 2.19. The minimum absolute atomic E-state index is 0. The number of nitrogens with zero attached hydrogens (tertiary/aromatic N) is 1. The molecule has 1 aromatic rings. The predicted molar refractivity (Wildman–Crippen MR) is 77.2 cm³/mol. The van der Waals surface area contributed by atoms with Crippen LogP contribution in [0.5, 0.6) is 0 Å². The largest absolute Gasteiger partial charge is 1.00 e. The third-order valence-corrected chi connectivity index (χ3v) is 3.01. The van der Waals surface area contributed by atoms with Gasteiger partial charge >= 0.3 is 0 Å². The van der Waals surface area contributed by atoms with Gasteiger partial charge < -0.3 is 21.5 Å². The van der Waals surface area contributed by atoms with E-state index in [-0.39, 0.29) is 22.8 Å². The molecule has 5 heteroatoms. The maximum Gasteiger partial charge on any atom is 0.216 e. The molecule has 0 saturated heterocycles. The van der Waals surface area contributed by atoms with Gasteiger partial charge in [-0.05, 0) is 37.3 Å². The molecule has 0 saturated carbocycles. The lowest BCUT2D eigenvalue weighted by Crippen LogP contribution is -3.00. The molecule has 0 N–H and O–H groups in total. The van der Waals surface area contributed by atoms with Crippen molar-refractivity contribution in [3.05, 3.63) is 46.0 Å². The Morgan fingerprint density at radius 1 is 1.26 bits per heavy atom. The number of halogens is 3. The standard InChI is InChI=1S/C14H18Cl2NO.BrH/c1-11(15)8-9-17(2,3)10-14(18)12-4-6-13(16)7-5-12;/h4-8H,9-10H2,1-3H3;1H/q+1;/p-1/b11-8+;. The number of carbonyl (C=O) groups is 1. The molecule has 0 aromatic heterocycles. The van der Waals surface area contributed by atoms with Crippen LogP contribution in [0, 0.1) is 0 Å². The molecule has 0 atom stereocenters. The summed E-state index contributed by atoms with van der Waals surface area (Å²) in [4.78, 5) is 12.1. The van der Waals surface area contributed by atoms with Gasteiger partial charge in [0, 0.05) is 15.6 Å². The van der Waals surface area contributed by atoms with Crippen molar-refractivity contribution >= 4 is 29.0 Å². The van der Waals surface area contributed by atoms with Crippen molar-refractivity contribution in [2.75, 3.05) is 27.2 Å². The summed E-state index contributed by atoms with van der Waals surface area (Å²) in [5.74, 6) is 0.109. The van der Waals surface area contributed by atoms with Gasteiger partial charge in [0.25, 0.3) is 0 Å². The van der Waals surface area contributed by atoms with Crippen LogP contribution >= 0.6 is 23.2 Å². The first-order valence-corrected chi connectivity index (χ1v) is 6.49. The summed E-state index contributed by atoms with van der Waals surface area (Å²) in [6, 6.07) is 6.98. The molecule has 0 bridgehead atoms. The summed E-state index contributed by atoms with van der Waals surface area (Å²) in [5, 5.41) is 1.39. The predicted octanol–water partition coefficient (Wildman–Crippen LogP) is 0.746. The molecule has 0 aliphatic rings. The van der Waals surface area contributed by atoms with E-state index in [0.29, 0.717) is 21.6 Å². The van der Waals surface area contributed by atoms with E-state index in [4.69, 9.17) is 23.2 Å². The van der Waals surface area contributed by atoms with Crippen LogP contribution in [0.25, 0.3) is 0 Å². The average Bonchev–Trinajstić information content (AvgIpc) is 2.27. The van der Waals surface area contributed by atoms with Gasteiger partial charge in [-0.25, -0.2) is 0 Å².